The third-order valence-corrected chi connectivity index (χ3v) is 5.52. The van der Waals surface area contributed by atoms with Gasteiger partial charge in [0.25, 0.3) is 0 Å². The summed E-state index contributed by atoms with van der Waals surface area (Å²) in [4.78, 5) is 17.8. The molecule has 0 atom stereocenters. The molecule has 0 radical (unpaired) electrons. The Morgan fingerprint density at radius 1 is 1.58 bits per heavy atom. The fourth-order valence-corrected chi connectivity index (χ4v) is 4.29. The van der Waals surface area contributed by atoms with Crippen molar-refractivity contribution in [1.82, 2.24) is 10.3 Å². The van der Waals surface area contributed by atoms with Gasteiger partial charge in [0.2, 0.25) is 0 Å². The van der Waals surface area contributed by atoms with Gasteiger partial charge in [-0.3, -0.25) is 4.98 Å². The van der Waals surface area contributed by atoms with Crippen molar-refractivity contribution >= 4 is 45.1 Å². The van der Waals surface area contributed by atoms with Crippen LogP contribution in [0, 0.1) is 0 Å². The standard InChI is InChI=1S/C12H11BrN2O2S2/c13-11-10(18-9-2-1-4-14-7-9)6-8(19-11)3-5-15-12(16)17/h1-2,4,6-7,15H,3,5H2,(H,16,17). The van der Waals surface area contributed by atoms with E-state index in [9.17, 15) is 4.79 Å². The summed E-state index contributed by atoms with van der Waals surface area (Å²) in [6.07, 6.45) is 3.28. The van der Waals surface area contributed by atoms with Crippen LogP contribution in [0.3, 0.4) is 0 Å². The lowest BCUT2D eigenvalue weighted by atomic mass is 10.3. The molecule has 0 aliphatic carbocycles. The molecule has 2 aromatic heterocycles. The van der Waals surface area contributed by atoms with Crippen LogP contribution in [-0.2, 0) is 6.42 Å². The molecule has 0 fully saturated rings. The zero-order chi connectivity index (χ0) is 13.7. The molecule has 2 rings (SSSR count). The van der Waals surface area contributed by atoms with Crippen molar-refractivity contribution in [3.05, 3.63) is 39.3 Å². The number of carboxylic acid groups (broad SMARTS) is 1. The Morgan fingerprint density at radius 2 is 2.42 bits per heavy atom. The number of aromatic nitrogens is 1. The number of halogens is 1. The van der Waals surface area contributed by atoms with E-state index in [1.54, 1.807) is 29.3 Å². The number of thiophene rings is 1. The molecule has 100 valence electrons. The summed E-state index contributed by atoms with van der Waals surface area (Å²) in [7, 11) is 0. The van der Waals surface area contributed by atoms with Gasteiger partial charge in [0.1, 0.15) is 0 Å². The van der Waals surface area contributed by atoms with Gasteiger partial charge in [0.15, 0.2) is 0 Å². The van der Waals surface area contributed by atoms with Gasteiger partial charge < -0.3 is 10.4 Å². The van der Waals surface area contributed by atoms with Gasteiger partial charge in [0, 0.05) is 33.6 Å². The third-order valence-electron chi connectivity index (χ3n) is 2.22. The molecule has 0 aliphatic heterocycles. The highest BCUT2D eigenvalue weighted by Gasteiger charge is 2.08. The van der Waals surface area contributed by atoms with Crippen molar-refractivity contribution in [2.24, 2.45) is 0 Å². The fourth-order valence-electron chi connectivity index (χ4n) is 1.42. The van der Waals surface area contributed by atoms with E-state index >= 15 is 0 Å². The predicted octanol–water partition coefficient (Wildman–Crippen LogP) is 3.87. The van der Waals surface area contributed by atoms with E-state index in [4.69, 9.17) is 5.11 Å². The Bertz CT molecular complexity index is 560. The zero-order valence-electron chi connectivity index (χ0n) is 9.80. The van der Waals surface area contributed by atoms with Gasteiger partial charge >= 0.3 is 6.09 Å². The largest absolute Gasteiger partial charge is 0.465 e. The van der Waals surface area contributed by atoms with Gasteiger partial charge in [0.05, 0.1) is 3.79 Å². The first-order valence-electron chi connectivity index (χ1n) is 5.48. The third kappa shape index (κ3) is 4.52. The first-order valence-corrected chi connectivity index (χ1v) is 7.90. The van der Waals surface area contributed by atoms with Crippen molar-refractivity contribution < 1.29 is 9.90 Å². The summed E-state index contributed by atoms with van der Waals surface area (Å²) in [6, 6.07) is 5.99. The van der Waals surface area contributed by atoms with Gasteiger partial charge in [-0.15, -0.1) is 11.3 Å². The number of amides is 1. The summed E-state index contributed by atoms with van der Waals surface area (Å²) >= 11 is 6.80. The quantitative estimate of drug-likeness (QED) is 0.851. The molecule has 19 heavy (non-hydrogen) atoms. The van der Waals surface area contributed by atoms with E-state index in [0.717, 1.165) is 18.5 Å². The first-order chi connectivity index (χ1) is 9.15. The number of hydrogen-bond acceptors (Lipinski definition) is 4. The summed E-state index contributed by atoms with van der Waals surface area (Å²) in [5.74, 6) is 0. The number of pyridine rings is 1. The zero-order valence-corrected chi connectivity index (χ0v) is 13.0. The molecule has 0 unspecified atom stereocenters. The molecule has 0 spiro atoms. The first kappa shape index (κ1) is 14.4. The predicted molar refractivity (Wildman–Crippen MR) is 80.1 cm³/mol. The van der Waals surface area contributed by atoms with Crippen LogP contribution in [0.5, 0.6) is 0 Å². The van der Waals surface area contributed by atoms with Crippen LogP contribution in [0.4, 0.5) is 4.79 Å². The second-order valence-corrected chi connectivity index (χ2v) is 7.19. The minimum absolute atomic E-state index is 0.430. The van der Waals surface area contributed by atoms with Crippen LogP contribution in [-0.4, -0.2) is 22.7 Å². The smallest absolute Gasteiger partial charge is 0.404 e. The molecule has 0 aliphatic rings. The number of nitrogens with zero attached hydrogens (tertiary/aromatic N) is 1. The minimum atomic E-state index is -0.986. The van der Waals surface area contributed by atoms with Crippen LogP contribution in [0.2, 0.25) is 0 Å². The molecular weight excluding hydrogens is 348 g/mol. The van der Waals surface area contributed by atoms with E-state index in [2.05, 4.69) is 32.3 Å². The topological polar surface area (TPSA) is 62.2 Å². The molecule has 7 heteroatoms. The van der Waals surface area contributed by atoms with E-state index in [1.807, 2.05) is 18.3 Å². The molecule has 2 heterocycles. The van der Waals surface area contributed by atoms with Gasteiger partial charge in [-0.2, -0.15) is 0 Å². The molecule has 0 saturated heterocycles. The Hall–Kier alpha value is -1.05. The highest BCUT2D eigenvalue weighted by Crippen LogP contribution is 2.39. The van der Waals surface area contributed by atoms with Gasteiger partial charge in [-0.05, 0) is 40.5 Å². The van der Waals surface area contributed by atoms with E-state index < -0.39 is 6.09 Å². The highest BCUT2D eigenvalue weighted by molar-refractivity contribution is 9.11. The maximum absolute atomic E-state index is 10.4. The van der Waals surface area contributed by atoms with Crippen LogP contribution in [0.1, 0.15) is 4.88 Å². The van der Waals surface area contributed by atoms with Crippen molar-refractivity contribution in [2.45, 2.75) is 16.2 Å². The average Bonchev–Trinajstić information content (AvgIpc) is 2.71. The Balaban J connectivity index is 1.98. The maximum Gasteiger partial charge on any atom is 0.404 e. The Kier molecular flexibility index (Phi) is 5.24. The summed E-state index contributed by atoms with van der Waals surface area (Å²) in [5.41, 5.74) is 0. The van der Waals surface area contributed by atoms with E-state index in [0.29, 0.717) is 13.0 Å². The summed E-state index contributed by atoms with van der Waals surface area (Å²) < 4.78 is 1.06. The lowest BCUT2D eigenvalue weighted by Gasteiger charge is -1.98. The molecule has 4 nitrogen and oxygen atoms in total. The van der Waals surface area contributed by atoms with E-state index in [-0.39, 0.29) is 0 Å². The number of rotatable bonds is 5. The van der Waals surface area contributed by atoms with Crippen LogP contribution in [0.15, 0.2) is 44.2 Å². The summed E-state index contributed by atoms with van der Waals surface area (Å²) in [6.45, 7) is 0.430. The lowest BCUT2D eigenvalue weighted by molar-refractivity contribution is 0.194. The maximum atomic E-state index is 10.4. The highest BCUT2D eigenvalue weighted by atomic mass is 79.9. The van der Waals surface area contributed by atoms with Gasteiger partial charge in [-0.1, -0.05) is 11.8 Å². The van der Waals surface area contributed by atoms with Crippen molar-refractivity contribution in [3.8, 4) is 0 Å². The molecule has 0 saturated carbocycles. The van der Waals surface area contributed by atoms with Gasteiger partial charge in [-0.25, -0.2) is 4.79 Å². The average molecular weight is 359 g/mol. The molecule has 1 amide bonds. The minimum Gasteiger partial charge on any atom is -0.465 e. The Labute approximate surface area is 127 Å². The molecule has 2 aromatic rings. The lowest BCUT2D eigenvalue weighted by Crippen LogP contribution is -2.22. The number of hydrogen-bond donors (Lipinski definition) is 2. The monoisotopic (exact) mass is 358 g/mol. The van der Waals surface area contributed by atoms with Crippen LogP contribution in [0.25, 0.3) is 0 Å². The van der Waals surface area contributed by atoms with Crippen molar-refractivity contribution in [2.75, 3.05) is 6.54 Å². The van der Waals surface area contributed by atoms with Crippen molar-refractivity contribution in [3.63, 3.8) is 0 Å². The van der Waals surface area contributed by atoms with E-state index in [1.165, 1.54) is 0 Å². The SMILES string of the molecule is O=C(O)NCCc1cc(Sc2cccnc2)c(Br)s1. The fraction of sp³-hybridized carbons (Fsp3) is 0.167. The molecule has 0 aromatic carbocycles. The second-order valence-electron chi connectivity index (χ2n) is 3.62. The number of nitrogens with one attached hydrogen (secondary N) is 1. The van der Waals surface area contributed by atoms with Crippen LogP contribution >= 0.6 is 39.0 Å². The molecule has 0 bridgehead atoms. The summed E-state index contributed by atoms with van der Waals surface area (Å²) in [5, 5.41) is 10.9. The molecule has 2 N–H and O–H groups in total. The van der Waals surface area contributed by atoms with Crippen molar-refractivity contribution in [1.29, 1.82) is 0 Å². The second kappa shape index (κ2) is 6.93. The molecular formula is C12H11BrN2O2S2. The Morgan fingerprint density at radius 3 is 3.11 bits per heavy atom. The normalized spacial score (nSPS) is 10.4. The van der Waals surface area contributed by atoms with Crippen LogP contribution < -0.4 is 5.32 Å². The number of carbonyl (C=O) groups is 1.